The topological polar surface area (TPSA) is 107 Å². The SMILES string of the molecule is O=C1CC[C@H](C(=O)N2CCc3nc(-c4ccccc4)[nH]c3C2)NC(=O)N1. The number of urea groups is 1. The predicted octanol–water partition coefficient (Wildman–Crippen LogP) is 0.950. The fourth-order valence-corrected chi connectivity index (χ4v) is 3.35. The number of carbonyl (C=O) groups is 3. The van der Waals surface area contributed by atoms with Crippen LogP contribution in [0.25, 0.3) is 11.4 Å². The Balaban J connectivity index is 1.49. The van der Waals surface area contributed by atoms with Gasteiger partial charge in [0.05, 0.1) is 17.9 Å². The quantitative estimate of drug-likeness (QED) is 0.747. The zero-order valence-electron chi connectivity index (χ0n) is 14.1. The van der Waals surface area contributed by atoms with Gasteiger partial charge in [-0.2, -0.15) is 0 Å². The Hall–Kier alpha value is -3.16. The van der Waals surface area contributed by atoms with Crippen LogP contribution >= 0.6 is 0 Å². The maximum Gasteiger partial charge on any atom is 0.322 e. The Bertz CT molecular complexity index is 861. The molecular weight excluding hydrogens is 334 g/mol. The highest BCUT2D eigenvalue weighted by Gasteiger charge is 2.32. The number of rotatable bonds is 2. The average molecular weight is 353 g/mol. The van der Waals surface area contributed by atoms with E-state index in [-0.39, 0.29) is 18.2 Å². The molecule has 8 heteroatoms. The van der Waals surface area contributed by atoms with Crippen molar-refractivity contribution in [2.24, 2.45) is 0 Å². The fourth-order valence-electron chi connectivity index (χ4n) is 3.35. The van der Waals surface area contributed by atoms with E-state index in [0.29, 0.717) is 25.9 Å². The third kappa shape index (κ3) is 3.17. The molecule has 1 atom stereocenters. The maximum atomic E-state index is 12.8. The number of nitrogens with zero attached hydrogens (tertiary/aromatic N) is 2. The molecule has 2 aliphatic heterocycles. The van der Waals surface area contributed by atoms with E-state index < -0.39 is 12.1 Å². The smallest absolute Gasteiger partial charge is 0.322 e. The monoisotopic (exact) mass is 353 g/mol. The Kier molecular flexibility index (Phi) is 4.16. The molecule has 8 nitrogen and oxygen atoms in total. The first-order valence-corrected chi connectivity index (χ1v) is 8.62. The van der Waals surface area contributed by atoms with E-state index in [9.17, 15) is 14.4 Å². The Morgan fingerprint density at radius 3 is 2.77 bits per heavy atom. The van der Waals surface area contributed by atoms with Gasteiger partial charge in [-0.15, -0.1) is 0 Å². The van der Waals surface area contributed by atoms with Gasteiger partial charge in [0, 0.05) is 24.9 Å². The van der Waals surface area contributed by atoms with Crippen molar-refractivity contribution in [1.82, 2.24) is 25.5 Å². The Labute approximate surface area is 150 Å². The van der Waals surface area contributed by atoms with Gasteiger partial charge in [-0.25, -0.2) is 9.78 Å². The van der Waals surface area contributed by atoms with Crippen molar-refractivity contribution in [3.05, 3.63) is 41.7 Å². The normalized spacial score (nSPS) is 20.0. The van der Waals surface area contributed by atoms with Gasteiger partial charge in [-0.1, -0.05) is 30.3 Å². The molecule has 2 aliphatic rings. The highest BCUT2D eigenvalue weighted by Crippen LogP contribution is 2.23. The summed E-state index contributed by atoms with van der Waals surface area (Å²) in [4.78, 5) is 45.5. The second-order valence-corrected chi connectivity index (χ2v) is 6.50. The molecule has 0 unspecified atom stereocenters. The largest absolute Gasteiger partial charge is 0.340 e. The zero-order chi connectivity index (χ0) is 18.1. The average Bonchev–Trinajstić information content (AvgIpc) is 3.00. The predicted molar refractivity (Wildman–Crippen MR) is 92.8 cm³/mol. The van der Waals surface area contributed by atoms with Crippen molar-refractivity contribution < 1.29 is 14.4 Å². The molecule has 0 radical (unpaired) electrons. The summed E-state index contributed by atoms with van der Waals surface area (Å²) in [5.41, 5.74) is 2.88. The van der Waals surface area contributed by atoms with Crippen molar-refractivity contribution in [1.29, 1.82) is 0 Å². The van der Waals surface area contributed by atoms with Crippen LogP contribution in [0.4, 0.5) is 4.79 Å². The molecule has 2 aromatic rings. The standard InChI is InChI=1S/C18H19N5O3/c24-15-7-6-13(21-18(26)22-15)17(25)23-9-8-12-14(10-23)20-16(19-12)11-4-2-1-3-5-11/h1-5,13H,6-10H2,(H,19,20)(H2,21,22,24,26)/t13-/m1/s1. The molecule has 1 saturated heterocycles. The molecule has 3 N–H and O–H groups in total. The number of H-pyrrole nitrogens is 1. The van der Waals surface area contributed by atoms with Crippen molar-refractivity contribution in [3.63, 3.8) is 0 Å². The van der Waals surface area contributed by atoms with Crippen molar-refractivity contribution in [3.8, 4) is 11.4 Å². The minimum atomic E-state index is -0.681. The molecular formula is C18H19N5O3. The van der Waals surface area contributed by atoms with Crippen molar-refractivity contribution in [2.75, 3.05) is 6.54 Å². The van der Waals surface area contributed by atoms with Crippen LogP contribution in [-0.4, -0.2) is 45.3 Å². The Morgan fingerprint density at radius 1 is 1.15 bits per heavy atom. The van der Waals surface area contributed by atoms with Gasteiger partial charge in [0.15, 0.2) is 0 Å². The fraction of sp³-hybridized carbons (Fsp3) is 0.333. The number of aromatic nitrogens is 2. The molecule has 0 saturated carbocycles. The van der Waals surface area contributed by atoms with Crippen LogP contribution in [0.3, 0.4) is 0 Å². The van der Waals surface area contributed by atoms with Crippen LogP contribution in [0.5, 0.6) is 0 Å². The van der Waals surface area contributed by atoms with Crippen LogP contribution in [-0.2, 0) is 22.6 Å². The summed E-state index contributed by atoms with van der Waals surface area (Å²) < 4.78 is 0. The molecule has 1 aromatic heterocycles. The summed E-state index contributed by atoms with van der Waals surface area (Å²) in [5, 5.41) is 4.76. The van der Waals surface area contributed by atoms with E-state index in [1.165, 1.54) is 0 Å². The van der Waals surface area contributed by atoms with Crippen LogP contribution < -0.4 is 10.6 Å². The van der Waals surface area contributed by atoms with Gasteiger partial charge >= 0.3 is 6.03 Å². The summed E-state index contributed by atoms with van der Waals surface area (Å²) >= 11 is 0. The van der Waals surface area contributed by atoms with E-state index in [0.717, 1.165) is 22.8 Å². The molecule has 1 fully saturated rings. The summed E-state index contributed by atoms with van der Waals surface area (Å²) in [7, 11) is 0. The van der Waals surface area contributed by atoms with Gasteiger partial charge in [0.2, 0.25) is 11.8 Å². The van der Waals surface area contributed by atoms with Gasteiger partial charge in [0.1, 0.15) is 11.9 Å². The number of benzene rings is 1. The molecule has 26 heavy (non-hydrogen) atoms. The van der Waals surface area contributed by atoms with Crippen molar-refractivity contribution >= 4 is 17.8 Å². The molecule has 1 aromatic carbocycles. The highest BCUT2D eigenvalue weighted by molar-refractivity contribution is 5.98. The first-order chi connectivity index (χ1) is 12.6. The first-order valence-electron chi connectivity index (χ1n) is 8.62. The number of hydrogen-bond donors (Lipinski definition) is 3. The number of amides is 4. The van der Waals surface area contributed by atoms with E-state index >= 15 is 0 Å². The van der Waals surface area contributed by atoms with Gasteiger partial charge in [-0.3, -0.25) is 14.9 Å². The van der Waals surface area contributed by atoms with E-state index in [2.05, 4.69) is 20.6 Å². The summed E-state index contributed by atoms with van der Waals surface area (Å²) in [6.07, 6.45) is 1.11. The number of hydrogen-bond acceptors (Lipinski definition) is 4. The van der Waals surface area contributed by atoms with Crippen molar-refractivity contribution in [2.45, 2.75) is 31.8 Å². The second-order valence-electron chi connectivity index (χ2n) is 6.50. The zero-order valence-corrected chi connectivity index (χ0v) is 14.1. The highest BCUT2D eigenvalue weighted by atomic mass is 16.2. The minimum absolute atomic E-state index is 0.149. The van der Waals surface area contributed by atoms with Gasteiger partial charge in [-0.05, 0) is 6.42 Å². The number of aromatic amines is 1. The summed E-state index contributed by atoms with van der Waals surface area (Å²) in [6, 6.07) is 8.54. The first kappa shape index (κ1) is 16.3. The molecule has 0 aliphatic carbocycles. The minimum Gasteiger partial charge on any atom is -0.340 e. The molecule has 134 valence electrons. The third-order valence-electron chi connectivity index (χ3n) is 4.71. The lowest BCUT2D eigenvalue weighted by Crippen LogP contribution is -2.50. The van der Waals surface area contributed by atoms with Crippen LogP contribution in [0, 0.1) is 0 Å². The number of fused-ring (bicyclic) bond motifs is 1. The number of nitrogens with one attached hydrogen (secondary N) is 3. The number of imidazole rings is 1. The third-order valence-corrected chi connectivity index (χ3v) is 4.71. The molecule has 3 heterocycles. The van der Waals surface area contributed by atoms with E-state index in [4.69, 9.17) is 0 Å². The van der Waals surface area contributed by atoms with Gasteiger partial charge < -0.3 is 15.2 Å². The number of carbonyl (C=O) groups excluding carboxylic acids is 3. The molecule has 0 bridgehead atoms. The number of imide groups is 1. The Morgan fingerprint density at radius 2 is 1.96 bits per heavy atom. The van der Waals surface area contributed by atoms with Crippen LogP contribution in [0.1, 0.15) is 24.2 Å². The summed E-state index contributed by atoms with van der Waals surface area (Å²) in [5.74, 6) is 0.263. The maximum absolute atomic E-state index is 12.8. The van der Waals surface area contributed by atoms with E-state index in [1.54, 1.807) is 4.90 Å². The molecule has 4 rings (SSSR count). The lowest BCUT2D eigenvalue weighted by Gasteiger charge is -2.29. The molecule has 4 amide bonds. The second kappa shape index (κ2) is 6.62. The van der Waals surface area contributed by atoms with Gasteiger partial charge in [0.25, 0.3) is 0 Å². The van der Waals surface area contributed by atoms with E-state index in [1.807, 2.05) is 30.3 Å². The molecule has 0 spiro atoms. The summed E-state index contributed by atoms with van der Waals surface area (Å²) in [6.45, 7) is 0.959. The lowest BCUT2D eigenvalue weighted by atomic mass is 10.1. The van der Waals surface area contributed by atoms with Crippen LogP contribution in [0.2, 0.25) is 0 Å². The van der Waals surface area contributed by atoms with Crippen LogP contribution in [0.15, 0.2) is 30.3 Å². The lowest BCUT2D eigenvalue weighted by molar-refractivity contribution is -0.134.